The van der Waals surface area contributed by atoms with Crippen molar-refractivity contribution in [2.45, 2.75) is 25.9 Å². The van der Waals surface area contributed by atoms with Crippen LogP contribution in [0.15, 0.2) is 46.9 Å². The van der Waals surface area contributed by atoms with Gasteiger partial charge in [0.2, 0.25) is 0 Å². The Morgan fingerprint density at radius 1 is 1.00 bits per heavy atom. The first kappa shape index (κ1) is 16.0. The molecule has 0 fully saturated rings. The van der Waals surface area contributed by atoms with Crippen molar-refractivity contribution in [1.82, 2.24) is 5.32 Å². The molecule has 0 saturated carbocycles. The predicted octanol–water partition coefficient (Wildman–Crippen LogP) is 5.01. The SMILES string of the molecule is COc1ccc([C@H](C)NC(C)c2ccc(F)c(Br)c2)cc1. The standard InChI is InChI=1S/C17H19BrFNO/c1-11(13-4-7-15(21-3)8-5-13)20-12(2)14-6-9-17(19)16(18)10-14/h4-12,20H,1-3H3/t11-,12?/m0/s1. The summed E-state index contributed by atoms with van der Waals surface area (Å²) in [5.41, 5.74) is 2.23. The van der Waals surface area contributed by atoms with Gasteiger partial charge in [0.05, 0.1) is 11.6 Å². The van der Waals surface area contributed by atoms with E-state index in [-0.39, 0.29) is 17.9 Å². The molecule has 4 heteroatoms. The molecular formula is C17H19BrFNO. The van der Waals surface area contributed by atoms with Gasteiger partial charge < -0.3 is 10.1 Å². The highest BCUT2D eigenvalue weighted by molar-refractivity contribution is 9.10. The second-order valence-corrected chi connectivity index (χ2v) is 5.91. The first-order valence-corrected chi connectivity index (χ1v) is 7.65. The minimum absolute atomic E-state index is 0.124. The number of benzene rings is 2. The Bertz CT molecular complexity index is 600. The highest BCUT2D eigenvalue weighted by Crippen LogP contribution is 2.24. The van der Waals surface area contributed by atoms with E-state index in [0.29, 0.717) is 4.47 Å². The van der Waals surface area contributed by atoms with Crippen molar-refractivity contribution in [3.63, 3.8) is 0 Å². The van der Waals surface area contributed by atoms with E-state index in [1.165, 1.54) is 11.6 Å². The zero-order valence-electron chi connectivity index (χ0n) is 12.4. The molecule has 2 aromatic carbocycles. The topological polar surface area (TPSA) is 21.3 Å². The van der Waals surface area contributed by atoms with Crippen LogP contribution in [0.4, 0.5) is 4.39 Å². The quantitative estimate of drug-likeness (QED) is 0.817. The number of methoxy groups -OCH3 is 1. The fourth-order valence-electron chi connectivity index (χ4n) is 2.24. The number of nitrogens with one attached hydrogen (secondary N) is 1. The average molecular weight is 352 g/mol. The van der Waals surface area contributed by atoms with Crippen LogP contribution in [-0.4, -0.2) is 7.11 Å². The molecule has 2 nitrogen and oxygen atoms in total. The van der Waals surface area contributed by atoms with E-state index in [9.17, 15) is 4.39 Å². The van der Waals surface area contributed by atoms with Gasteiger partial charge in [-0.05, 0) is 65.2 Å². The van der Waals surface area contributed by atoms with Crippen molar-refractivity contribution in [3.8, 4) is 5.75 Å². The van der Waals surface area contributed by atoms with Crippen LogP contribution in [0.1, 0.15) is 37.1 Å². The highest BCUT2D eigenvalue weighted by atomic mass is 79.9. The molecule has 0 aliphatic rings. The van der Waals surface area contributed by atoms with Crippen LogP contribution in [0, 0.1) is 5.82 Å². The second kappa shape index (κ2) is 7.05. The van der Waals surface area contributed by atoms with Gasteiger partial charge >= 0.3 is 0 Å². The van der Waals surface area contributed by atoms with Crippen LogP contribution >= 0.6 is 15.9 Å². The van der Waals surface area contributed by atoms with Crippen LogP contribution in [0.5, 0.6) is 5.75 Å². The number of rotatable bonds is 5. The third-order valence-electron chi connectivity index (χ3n) is 3.56. The summed E-state index contributed by atoms with van der Waals surface area (Å²) in [5.74, 6) is 0.607. The Morgan fingerprint density at radius 2 is 1.57 bits per heavy atom. The van der Waals surface area contributed by atoms with Crippen LogP contribution in [0.3, 0.4) is 0 Å². The Balaban J connectivity index is 2.06. The Kier molecular flexibility index (Phi) is 5.37. The molecular weight excluding hydrogens is 333 g/mol. The lowest BCUT2D eigenvalue weighted by Crippen LogP contribution is -2.22. The summed E-state index contributed by atoms with van der Waals surface area (Å²) in [6, 6.07) is 13.4. The number of halogens is 2. The van der Waals surface area contributed by atoms with Gasteiger partial charge in [0.15, 0.2) is 0 Å². The maximum atomic E-state index is 13.3. The maximum Gasteiger partial charge on any atom is 0.137 e. The maximum absolute atomic E-state index is 13.3. The molecule has 0 aliphatic carbocycles. The third-order valence-corrected chi connectivity index (χ3v) is 4.17. The summed E-state index contributed by atoms with van der Waals surface area (Å²) >= 11 is 3.22. The third kappa shape index (κ3) is 4.05. The monoisotopic (exact) mass is 351 g/mol. The first-order valence-electron chi connectivity index (χ1n) is 6.86. The fourth-order valence-corrected chi connectivity index (χ4v) is 2.64. The fraction of sp³-hybridized carbons (Fsp3) is 0.294. The molecule has 2 atom stereocenters. The first-order chi connectivity index (χ1) is 10.0. The van der Waals surface area contributed by atoms with Crippen molar-refractivity contribution in [2.24, 2.45) is 0 Å². The van der Waals surface area contributed by atoms with Gasteiger partial charge in [-0.1, -0.05) is 18.2 Å². The molecule has 1 unspecified atom stereocenters. The van der Waals surface area contributed by atoms with Crippen molar-refractivity contribution in [2.75, 3.05) is 7.11 Å². The molecule has 112 valence electrons. The molecule has 0 aliphatic heterocycles. The van der Waals surface area contributed by atoms with Crippen molar-refractivity contribution < 1.29 is 9.13 Å². The van der Waals surface area contributed by atoms with Gasteiger partial charge in [-0.15, -0.1) is 0 Å². The normalized spacial score (nSPS) is 13.8. The van der Waals surface area contributed by atoms with E-state index in [2.05, 4.69) is 35.1 Å². The van der Waals surface area contributed by atoms with Crippen LogP contribution in [-0.2, 0) is 0 Å². The molecule has 0 amide bonds. The molecule has 0 heterocycles. The lowest BCUT2D eigenvalue weighted by molar-refractivity contribution is 0.414. The minimum atomic E-state index is -0.242. The van der Waals surface area contributed by atoms with Crippen LogP contribution in [0.25, 0.3) is 0 Å². The number of ether oxygens (including phenoxy) is 1. The summed E-state index contributed by atoms with van der Waals surface area (Å²) < 4.78 is 18.9. The molecule has 2 aromatic rings. The predicted molar refractivity (Wildman–Crippen MR) is 87.1 cm³/mol. The molecule has 1 N–H and O–H groups in total. The Hall–Kier alpha value is -1.39. The summed E-state index contributed by atoms with van der Waals surface area (Å²) in [5, 5.41) is 3.51. The summed E-state index contributed by atoms with van der Waals surface area (Å²) in [6.45, 7) is 4.18. The molecule has 2 rings (SSSR count). The van der Waals surface area contributed by atoms with E-state index in [4.69, 9.17) is 4.74 Å². The average Bonchev–Trinajstić information content (AvgIpc) is 2.50. The molecule has 0 saturated heterocycles. The van der Waals surface area contributed by atoms with E-state index in [0.717, 1.165) is 11.3 Å². The van der Waals surface area contributed by atoms with Gasteiger partial charge in [0.25, 0.3) is 0 Å². The van der Waals surface area contributed by atoms with Crippen LogP contribution in [0.2, 0.25) is 0 Å². The van der Waals surface area contributed by atoms with E-state index in [1.807, 2.05) is 30.3 Å². The largest absolute Gasteiger partial charge is 0.497 e. The van der Waals surface area contributed by atoms with E-state index < -0.39 is 0 Å². The molecule has 0 radical (unpaired) electrons. The summed E-state index contributed by atoms with van der Waals surface area (Å²) in [4.78, 5) is 0. The number of hydrogen-bond acceptors (Lipinski definition) is 2. The smallest absolute Gasteiger partial charge is 0.137 e. The van der Waals surface area contributed by atoms with E-state index in [1.54, 1.807) is 13.2 Å². The summed E-state index contributed by atoms with van der Waals surface area (Å²) in [7, 11) is 1.66. The van der Waals surface area contributed by atoms with Crippen molar-refractivity contribution in [1.29, 1.82) is 0 Å². The van der Waals surface area contributed by atoms with Crippen molar-refractivity contribution >= 4 is 15.9 Å². The zero-order chi connectivity index (χ0) is 15.4. The van der Waals surface area contributed by atoms with Crippen molar-refractivity contribution in [3.05, 3.63) is 63.9 Å². The molecule has 0 aromatic heterocycles. The molecule has 0 bridgehead atoms. The van der Waals surface area contributed by atoms with E-state index >= 15 is 0 Å². The number of hydrogen-bond donors (Lipinski definition) is 1. The van der Waals surface area contributed by atoms with Gasteiger partial charge in [-0.3, -0.25) is 0 Å². The summed E-state index contributed by atoms with van der Waals surface area (Å²) in [6.07, 6.45) is 0. The second-order valence-electron chi connectivity index (χ2n) is 5.06. The lowest BCUT2D eigenvalue weighted by Gasteiger charge is -2.21. The van der Waals surface area contributed by atoms with Gasteiger partial charge in [-0.25, -0.2) is 4.39 Å². The minimum Gasteiger partial charge on any atom is -0.497 e. The lowest BCUT2D eigenvalue weighted by atomic mass is 10.0. The van der Waals surface area contributed by atoms with Gasteiger partial charge in [0, 0.05) is 12.1 Å². The zero-order valence-corrected chi connectivity index (χ0v) is 13.9. The molecule has 0 spiro atoms. The van der Waals surface area contributed by atoms with Gasteiger partial charge in [0.1, 0.15) is 11.6 Å². The van der Waals surface area contributed by atoms with Gasteiger partial charge in [-0.2, -0.15) is 0 Å². The highest BCUT2D eigenvalue weighted by Gasteiger charge is 2.12. The van der Waals surface area contributed by atoms with Crippen LogP contribution < -0.4 is 10.1 Å². The Labute approximate surface area is 133 Å². The molecule has 21 heavy (non-hydrogen) atoms. The Morgan fingerprint density at radius 3 is 2.14 bits per heavy atom.